The van der Waals surface area contributed by atoms with Crippen molar-refractivity contribution in [3.8, 4) is 0 Å². The molecule has 1 aromatic carbocycles. The topological polar surface area (TPSA) is 82.1 Å². The van der Waals surface area contributed by atoms with Gasteiger partial charge in [-0.15, -0.1) is 0 Å². The highest BCUT2D eigenvalue weighted by Gasteiger charge is 2.28. The molecule has 1 N–H and O–H groups in total. The zero-order chi connectivity index (χ0) is 21.3. The van der Waals surface area contributed by atoms with E-state index in [2.05, 4.69) is 0 Å². The highest BCUT2D eigenvalue weighted by molar-refractivity contribution is 7.91. The lowest BCUT2D eigenvalue weighted by atomic mass is 9.95. The van der Waals surface area contributed by atoms with E-state index in [-0.39, 0.29) is 24.3 Å². The lowest BCUT2D eigenvalue weighted by Gasteiger charge is -2.29. The SMILES string of the molecule is C1CCC(OC2CCCCO2)OC1.C[C@@H](CS(=O)(=O)c1ccccc1)C(C)(C)O. The van der Waals surface area contributed by atoms with Gasteiger partial charge in [0, 0.05) is 13.2 Å². The Morgan fingerprint density at radius 3 is 1.97 bits per heavy atom. The average molecular weight is 429 g/mol. The summed E-state index contributed by atoms with van der Waals surface area (Å²) in [6, 6.07) is 8.32. The summed E-state index contributed by atoms with van der Waals surface area (Å²) in [6.45, 7) is 6.67. The van der Waals surface area contributed by atoms with E-state index in [0.717, 1.165) is 26.1 Å². The zero-order valence-corrected chi connectivity index (χ0v) is 18.7. The Morgan fingerprint density at radius 1 is 1.03 bits per heavy atom. The maximum Gasteiger partial charge on any atom is 0.178 e. The summed E-state index contributed by atoms with van der Waals surface area (Å²) < 4.78 is 40.6. The quantitative estimate of drug-likeness (QED) is 0.739. The van der Waals surface area contributed by atoms with E-state index < -0.39 is 15.4 Å². The molecule has 0 spiro atoms. The van der Waals surface area contributed by atoms with E-state index in [4.69, 9.17) is 14.2 Å². The average Bonchev–Trinajstić information content (AvgIpc) is 2.70. The highest BCUT2D eigenvalue weighted by atomic mass is 32.2. The molecule has 29 heavy (non-hydrogen) atoms. The van der Waals surface area contributed by atoms with Gasteiger partial charge in [-0.05, 0) is 70.4 Å². The van der Waals surface area contributed by atoms with Crippen LogP contribution in [0, 0.1) is 5.92 Å². The van der Waals surface area contributed by atoms with Gasteiger partial charge in [0.25, 0.3) is 0 Å². The lowest BCUT2D eigenvalue weighted by molar-refractivity contribution is -0.264. The molecule has 3 rings (SSSR count). The van der Waals surface area contributed by atoms with Gasteiger partial charge in [-0.2, -0.15) is 0 Å². The Morgan fingerprint density at radius 2 is 1.55 bits per heavy atom. The molecule has 2 unspecified atom stereocenters. The molecule has 0 saturated carbocycles. The summed E-state index contributed by atoms with van der Waals surface area (Å²) in [7, 11) is -3.30. The monoisotopic (exact) mass is 428 g/mol. The van der Waals surface area contributed by atoms with Crippen LogP contribution in [0.3, 0.4) is 0 Å². The molecule has 0 amide bonds. The van der Waals surface area contributed by atoms with Crippen LogP contribution in [0.2, 0.25) is 0 Å². The predicted molar refractivity (Wildman–Crippen MR) is 112 cm³/mol. The van der Waals surface area contributed by atoms with Crippen molar-refractivity contribution in [1.29, 1.82) is 0 Å². The molecule has 2 heterocycles. The first kappa shape index (κ1) is 24.3. The van der Waals surface area contributed by atoms with Crippen LogP contribution >= 0.6 is 0 Å². The van der Waals surface area contributed by atoms with E-state index in [1.807, 2.05) is 0 Å². The number of aliphatic hydroxyl groups is 1. The Bertz CT molecular complexity index is 655. The van der Waals surface area contributed by atoms with Gasteiger partial charge in [0.1, 0.15) is 0 Å². The van der Waals surface area contributed by atoms with Gasteiger partial charge in [0.15, 0.2) is 22.4 Å². The third-order valence-electron chi connectivity index (χ3n) is 5.36. The maximum absolute atomic E-state index is 12.0. The lowest BCUT2D eigenvalue weighted by Crippen LogP contribution is -2.33. The summed E-state index contributed by atoms with van der Waals surface area (Å²) in [5.41, 5.74) is -0.984. The molecule has 2 fully saturated rings. The number of hydrogen-bond donors (Lipinski definition) is 1. The Balaban J connectivity index is 0.000000211. The summed E-state index contributed by atoms with van der Waals surface area (Å²) in [4.78, 5) is 0.311. The van der Waals surface area contributed by atoms with Crippen molar-refractivity contribution in [1.82, 2.24) is 0 Å². The molecular formula is C22H36O6S. The second-order valence-electron chi connectivity index (χ2n) is 8.38. The van der Waals surface area contributed by atoms with E-state index in [1.54, 1.807) is 51.1 Å². The van der Waals surface area contributed by atoms with E-state index >= 15 is 0 Å². The number of sulfone groups is 1. The molecule has 166 valence electrons. The van der Waals surface area contributed by atoms with Crippen LogP contribution in [0.4, 0.5) is 0 Å². The molecule has 1 aromatic rings. The normalized spacial score (nSPS) is 24.3. The van der Waals surface area contributed by atoms with Crippen LogP contribution in [0.15, 0.2) is 35.2 Å². The Labute approximate surface area is 175 Å². The van der Waals surface area contributed by atoms with Crippen molar-refractivity contribution in [2.24, 2.45) is 5.92 Å². The fraction of sp³-hybridized carbons (Fsp3) is 0.727. The molecule has 7 heteroatoms. The molecule has 0 aromatic heterocycles. The van der Waals surface area contributed by atoms with Gasteiger partial charge in [-0.3, -0.25) is 0 Å². The molecule has 3 atom stereocenters. The molecule has 0 bridgehead atoms. The first-order chi connectivity index (χ1) is 13.7. The minimum Gasteiger partial charge on any atom is -0.390 e. The number of ether oxygens (including phenoxy) is 3. The summed E-state index contributed by atoms with van der Waals surface area (Å²) >= 11 is 0. The molecule has 2 aliphatic heterocycles. The standard InChI is InChI=1S/C12H18O3S.C10H18O3/c1-10(12(2,3)13)9-16(14,15)11-7-5-4-6-8-11;1-3-7-11-9(5-1)13-10-6-2-4-8-12-10/h4-8,10,13H,9H2,1-3H3;9-10H,1-8H2/t10-;/m0./s1. The van der Waals surface area contributed by atoms with Crippen molar-refractivity contribution in [3.05, 3.63) is 30.3 Å². The van der Waals surface area contributed by atoms with Gasteiger partial charge in [-0.25, -0.2) is 8.42 Å². The minimum absolute atomic E-state index is 0.00292. The van der Waals surface area contributed by atoms with Gasteiger partial charge < -0.3 is 19.3 Å². The summed E-state index contributed by atoms with van der Waals surface area (Å²) in [5, 5.41) is 9.73. The smallest absolute Gasteiger partial charge is 0.178 e. The third kappa shape index (κ3) is 8.72. The second-order valence-corrected chi connectivity index (χ2v) is 10.4. The summed E-state index contributed by atoms with van der Waals surface area (Å²) in [5.74, 6) is -0.349. The van der Waals surface area contributed by atoms with Crippen molar-refractivity contribution in [2.75, 3.05) is 19.0 Å². The van der Waals surface area contributed by atoms with E-state index in [1.165, 1.54) is 25.7 Å². The fourth-order valence-electron chi connectivity index (χ4n) is 3.06. The predicted octanol–water partition coefficient (Wildman–Crippen LogP) is 3.92. The van der Waals surface area contributed by atoms with Crippen LogP contribution in [0.25, 0.3) is 0 Å². The van der Waals surface area contributed by atoms with Gasteiger partial charge in [-0.1, -0.05) is 25.1 Å². The fourth-order valence-corrected chi connectivity index (χ4v) is 4.89. The third-order valence-corrected chi connectivity index (χ3v) is 7.29. The van der Waals surface area contributed by atoms with Crippen molar-refractivity contribution < 1.29 is 27.7 Å². The van der Waals surface area contributed by atoms with Crippen LogP contribution in [-0.4, -0.2) is 50.7 Å². The van der Waals surface area contributed by atoms with E-state index in [0.29, 0.717) is 4.90 Å². The van der Waals surface area contributed by atoms with Crippen molar-refractivity contribution >= 4 is 9.84 Å². The second kappa shape index (κ2) is 11.4. The number of benzene rings is 1. The van der Waals surface area contributed by atoms with Gasteiger partial charge in [0.05, 0.1) is 16.2 Å². The zero-order valence-electron chi connectivity index (χ0n) is 17.9. The van der Waals surface area contributed by atoms with Gasteiger partial charge >= 0.3 is 0 Å². The van der Waals surface area contributed by atoms with Crippen LogP contribution in [0.5, 0.6) is 0 Å². The molecule has 2 aliphatic rings. The molecular weight excluding hydrogens is 392 g/mol. The molecule has 0 aliphatic carbocycles. The molecule has 6 nitrogen and oxygen atoms in total. The molecule has 0 radical (unpaired) electrons. The van der Waals surface area contributed by atoms with Crippen LogP contribution < -0.4 is 0 Å². The van der Waals surface area contributed by atoms with Crippen LogP contribution in [-0.2, 0) is 24.0 Å². The number of hydrogen-bond acceptors (Lipinski definition) is 6. The minimum atomic E-state index is -3.30. The van der Waals surface area contributed by atoms with Crippen LogP contribution in [0.1, 0.15) is 59.3 Å². The largest absolute Gasteiger partial charge is 0.390 e. The first-order valence-corrected chi connectivity index (χ1v) is 12.2. The molecule has 2 saturated heterocycles. The van der Waals surface area contributed by atoms with Crippen molar-refractivity contribution in [3.63, 3.8) is 0 Å². The Hall–Kier alpha value is -0.990. The Kier molecular flexibility index (Phi) is 9.56. The maximum atomic E-state index is 12.0. The summed E-state index contributed by atoms with van der Waals surface area (Å²) in [6.07, 6.45) is 6.83. The number of rotatable bonds is 6. The van der Waals surface area contributed by atoms with Crippen molar-refractivity contribution in [2.45, 2.75) is 82.4 Å². The van der Waals surface area contributed by atoms with Gasteiger partial charge in [0.2, 0.25) is 0 Å². The first-order valence-electron chi connectivity index (χ1n) is 10.6. The highest BCUT2D eigenvalue weighted by Crippen LogP contribution is 2.22. The van der Waals surface area contributed by atoms with E-state index in [9.17, 15) is 13.5 Å².